The molecule has 0 spiro atoms. The Labute approximate surface area is 165 Å². The molecule has 1 saturated heterocycles. The third kappa shape index (κ3) is 4.84. The quantitative estimate of drug-likeness (QED) is 0.791. The summed E-state index contributed by atoms with van der Waals surface area (Å²) in [5.74, 6) is 0.611. The van der Waals surface area contributed by atoms with Crippen LogP contribution in [0, 0.1) is 18.7 Å². The summed E-state index contributed by atoms with van der Waals surface area (Å²) in [4.78, 5) is 16.6. The zero-order valence-corrected chi connectivity index (χ0v) is 16.9. The van der Waals surface area contributed by atoms with Gasteiger partial charge in [0, 0.05) is 18.0 Å². The highest BCUT2D eigenvalue weighted by Crippen LogP contribution is 2.33. The van der Waals surface area contributed by atoms with E-state index < -0.39 is 0 Å². The van der Waals surface area contributed by atoms with Gasteiger partial charge in [-0.05, 0) is 75.0 Å². The van der Waals surface area contributed by atoms with Gasteiger partial charge in [-0.1, -0.05) is 12.1 Å². The number of hydrogen-bond donors (Lipinski definition) is 1. The average Bonchev–Trinajstić information content (AvgIpc) is 3.02. The van der Waals surface area contributed by atoms with Crippen molar-refractivity contribution < 1.29 is 9.18 Å². The van der Waals surface area contributed by atoms with Gasteiger partial charge in [0.1, 0.15) is 5.82 Å². The van der Waals surface area contributed by atoms with Crippen LogP contribution in [0.25, 0.3) is 10.4 Å². The molecule has 1 N–H and O–H groups in total. The molecular weight excluding hydrogens is 371 g/mol. The van der Waals surface area contributed by atoms with Crippen molar-refractivity contribution in [1.29, 1.82) is 0 Å². The number of carbonyl (C=O) groups excluding carboxylic acids is 1. The van der Waals surface area contributed by atoms with Crippen LogP contribution < -0.4 is 5.32 Å². The molecule has 3 nitrogen and oxygen atoms in total. The second-order valence-electron chi connectivity index (χ2n) is 6.76. The van der Waals surface area contributed by atoms with Crippen molar-refractivity contribution in [3.8, 4) is 10.4 Å². The van der Waals surface area contributed by atoms with E-state index >= 15 is 0 Å². The normalized spacial score (nSPS) is 15.0. The summed E-state index contributed by atoms with van der Waals surface area (Å²) in [7, 11) is 1.98. The zero-order valence-electron chi connectivity index (χ0n) is 15.3. The summed E-state index contributed by atoms with van der Waals surface area (Å²) in [5, 5.41) is 3.20. The highest BCUT2D eigenvalue weighted by Gasteiger charge is 2.25. The van der Waals surface area contributed by atoms with Crippen LogP contribution in [0.15, 0.2) is 30.3 Å². The van der Waals surface area contributed by atoms with E-state index in [0.29, 0.717) is 0 Å². The Bertz CT molecular complexity index is 724. The molecule has 2 heterocycles. The average molecular weight is 397 g/mol. The van der Waals surface area contributed by atoms with Crippen LogP contribution in [0.4, 0.5) is 4.39 Å². The van der Waals surface area contributed by atoms with Crippen molar-refractivity contribution >= 4 is 29.7 Å². The lowest BCUT2D eigenvalue weighted by Crippen LogP contribution is -2.38. The molecule has 1 aliphatic heterocycles. The maximum atomic E-state index is 13.1. The maximum Gasteiger partial charge on any atom is 0.263 e. The van der Waals surface area contributed by atoms with Gasteiger partial charge < -0.3 is 10.2 Å². The highest BCUT2D eigenvalue weighted by atomic mass is 35.5. The van der Waals surface area contributed by atoms with E-state index in [1.54, 1.807) is 12.1 Å². The van der Waals surface area contributed by atoms with Crippen LogP contribution >= 0.6 is 23.7 Å². The molecule has 0 atom stereocenters. The first-order chi connectivity index (χ1) is 12.1. The van der Waals surface area contributed by atoms with E-state index in [4.69, 9.17) is 0 Å². The smallest absolute Gasteiger partial charge is 0.263 e. The molecule has 142 valence electrons. The minimum atomic E-state index is -0.240. The summed E-state index contributed by atoms with van der Waals surface area (Å²) < 4.78 is 13.1. The summed E-state index contributed by atoms with van der Waals surface area (Å²) in [6.45, 7) is 4.74. The molecule has 3 rings (SSSR count). The molecule has 6 heteroatoms. The lowest BCUT2D eigenvalue weighted by Gasteiger charge is -2.31. The Balaban J connectivity index is 0.00000243. The van der Waals surface area contributed by atoms with Gasteiger partial charge in [0.2, 0.25) is 0 Å². The largest absolute Gasteiger partial charge is 0.338 e. The van der Waals surface area contributed by atoms with Gasteiger partial charge in [-0.25, -0.2) is 4.39 Å². The standard InChI is InChI=1S/C20H25FN2OS.ClH/c1-14-13-18(25-19(14)16-3-5-17(21)6-4-16)20(24)23-11-8-15(9-12-23)7-10-22-2;/h3-6,13,15,22H,7-12H2,1-2H3;1H. The highest BCUT2D eigenvalue weighted by molar-refractivity contribution is 7.17. The minimum absolute atomic E-state index is 0. The van der Waals surface area contributed by atoms with Crippen LogP contribution in [0.5, 0.6) is 0 Å². The Morgan fingerprint density at radius 2 is 1.92 bits per heavy atom. The predicted molar refractivity (Wildman–Crippen MR) is 109 cm³/mol. The van der Waals surface area contributed by atoms with Crippen molar-refractivity contribution in [2.45, 2.75) is 26.2 Å². The van der Waals surface area contributed by atoms with Gasteiger partial charge in [0.25, 0.3) is 5.91 Å². The Kier molecular flexibility index (Phi) is 7.62. The number of likely N-dealkylation sites (tertiary alicyclic amines) is 1. The predicted octanol–water partition coefficient (Wildman–Crippen LogP) is 4.75. The van der Waals surface area contributed by atoms with Crippen LogP contribution in [0.2, 0.25) is 0 Å². The topological polar surface area (TPSA) is 32.3 Å². The molecule has 26 heavy (non-hydrogen) atoms. The van der Waals surface area contributed by atoms with Gasteiger partial charge in [0.15, 0.2) is 0 Å². The molecule has 2 aromatic rings. The molecule has 1 aliphatic rings. The lowest BCUT2D eigenvalue weighted by atomic mass is 9.93. The molecule has 1 fully saturated rings. The zero-order chi connectivity index (χ0) is 17.8. The van der Waals surface area contributed by atoms with Crippen molar-refractivity contribution in [3.05, 3.63) is 46.6 Å². The van der Waals surface area contributed by atoms with Crippen molar-refractivity contribution in [1.82, 2.24) is 10.2 Å². The number of aryl methyl sites for hydroxylation is 1. The first-order valence-electron chi connectivity index (χ1n) is 8.88. The molecular formula is C20H26ClFN2OS. The van der Waals surface area contributed by atoms with E-state index in [0.717, 1.165) is 59.3 Å². The summed E-state index contributed by atoms with van der Waals surface area (Å²) in [6.07, 6.45) is 3.36. The Morgan fingerprint density at radius 3 is 2.54 bits per heavy atom. The number of thiophene rings is 1. The third-order valence-corrected chi connectivity index (χ3v) is 6.21. The molecule has 0 radical (unpaired) electrons. The minimum Gasteiger partial charge on any atom is -0.338 e. The SMILES string of the molecule is CNCCC1CCN(C(=O)c2cc(C)c(-c3ccc(F)cc3)s2)CC1.Cl. The number of carbonyl (C=O) groups is 1. The molecule has 0 bridgehead atoms. The maximum absolute atomic E-state index is 13.1. The van der Waals surface area contributed by atoms with E-state index in [-0.39, 0.29) is 24.1 Å². The molecule has 1 aromatic heterocycles. The number of piperidine rings is 1. The second-order valence-corrected chi connectivity index (χ2v) is 7.81. The van der Waals surface area contributed by atoms with Gasteiger partial charge in [-0.15, -0.1) is 23.7 Å². The van der Waals surface area contributed by atoms with Crippen LogP contribution in [-0.2, 0) is 0 Å². The van der Waals surface area contributed by atoms with E-state index in [1.807, 2.05) is 24.9 Å². The van der Waals surface area contributed by atoms with E-state index in [9.17, 15) is 9.18 Å². The molecule has 1 amide bonds. The fourth-order valence-corrected chi connectivity index (χ4v) is 4.55. The van der Waals surface area contributed by atoms with Gasteiger partial charge in [-0.2, -0.15) is 0 Å². The number of rotatable bonds is 5. The molecule has 0 unspecified atom stereocenters. The number of hydrogen-bond acceptors (Lipinski definition) is 3. The van der Waals surface area contributed by atoms with Crippen LogP contribution in [-0.4, -0.2) is 37.5 Å². The summed E-state index contributed by atoms with van der Waals surface area (Å²) in [6, 6.07) is 8.45. The first-order valence-corrected chi connectivity index (χ1v) is 9.70. The van der Waals surface area contributed by atoms with Crippen molar-refractivity contribution in [2.24, 2.45) is 5.92 Å². The number of amides is 1. The van der Waals surface area contributed by atoms with Crippen LogP contribution in [0.1, 0.15) is 34.5 Å². The van der Waals surface area contributed by atoms with Gasteiger partial charge in [-0.3, -0.25) is 4.79 Å². The lowest BCUT2D eigenvalue weighted by molar-refractivity contribution is 0.0692. The monoisotopic (exact) mass is 396 g/mol. The third-order valence-electron chi connectivity index (χ3n) is 4.94. The van der Waals surface area contributed by atoms with Crippen molar-refractivity contribution in [2.75, 3.05) is 26.7 Å². The summed E-state index contributed by atoms with van der Waals surface area (Å²) in [5.41, 5.74) is 2.04. The summed E-state index contributed by atoms with van der Waals surface area (Å²) >= 11 is 1.51. The van der Waals surface area contributed by atoms with Crippen LogP contribution in [0.3, 0.4) is 0 Å². The van der Waals surface area contributed by atoms with Crippen molar-refractivity contribution in [3.63, 3.8) is 0 Å². The number of nitrogens with zero attached hydrogens (tertiary/aromatic N) is 1. The molecule has 1 aromatic carbocycles. The number of nitrogens with one attached hydrogen (secondary N) is 1. The number of halogens is 2. The van der Waals surface area contributed by atoms with Gasteiger partial charge >= 0.3 is 0 Å². The van der Waals surface area contributed by atoms with E-state index in [2.05, 4.69) is 5.32 Å². The molecule has 0 saturated carbocycles. The number of benzene rings is 1. The fourth-order valence-electron chi connectivity index (χ4n) is 3.40. The van der Waals surface area contributed by atoms with Gasteiger partial charge in [0.05, 0.1) is 4.88 Å². The molecule has 0 aliphatic carbocycles. The Morgan fingerprint density at radius 1 is 1.27 bits per heavy atom. The Hall–Kier alpha value is -1.43. The van der Waals surface area contributed by atoms with E-state index in [1.165, 1.54) is 29.9 Å². The fraction of sp³-hybridized carbons (Fsp3) is 0.450. The first kappa shape index (κ1) is 20.9. The second kappa shape index (κ2) is 9.49.